The first kappa shape index (κ1) is 18.2. The zero-order valence-electron chi connectivity index (χ0n) is 16.3. The minimum absolute atomic E-state index is 0.111. The molecule has 6 heterocycles. The van der Waals surface area contributed by atoms with E-state index < -0.39 is 17.9 Å². The van der Waals surface area contributed by atoms with Crippen LogP contribution in [-0.4, -0.2) is 73.5 Å². The van der Waals surface area contributed by atoms with Gasteiger partial charge in [0, 0.05) is 19.1 Å². The van der Waals surface area contributed by atoms with Crippen LogP contribution in [0, 0.1) is 0 Å². The lowest BCUT2D eigenvalue weighted by atomic mass is 9.88. The van der Waals surface area contributed by atoms with E-state index in [0.717, 1.165) is 24.2 Å². The van der Waals surface area contributed by atoms with Gasteiger partial charge in [0.1, 0.15) is 34.1 Å². The number of nitrogens with one attached hydrogen (secondary N) is 1. The van der Waals surface area contributed by atoms with E-state index in [1.807, 2.05) is 0 Å². The molecule has 2 aromatic heterocycles. The lowest BCUT2D eigenvalue weighted by Gasteiger charge is -2.48. The molecule has 156 valence electrons. The quantitative estimate of drug-likeness (QED) is 0.715. The maximum Gasteiger partial charge on any atom is 0.408 e. The molecule has 2 bridgehead atoms. The van der Waals surface area contributed by atoms with Gasteiger partial charge in [-0.2, -0.15) is 0 Å². The first-order chi connectivity index (χ1) is 14.6. The minimum atomic E-state index is -0.947. The SMILES string of the molecule is O=C(O)N1C2CCC1(c1ncnc3scnc13)C(OCC13C=CCN1C=CC3)NC2. The van der Waals surface area contributed by atoms with Crippen molar-refractivity contribution < 1.29 is 14.6 Å². The van der Waals surface area contributed by atoms with Crippen LogP contribution in [0.2, 0.25) is 0 Å². The van der Waals surface area contributed by atoms with Crippen molar-refractivity contribution in [1.82, 2.24) is 30.1 Å². The number of piperazine rings is 1. The molecule has 10 heteroatoms. The summed E-state index contributed by atoms with van der Waals surface area (Å²) in [4.78, 5) is 30.4. The van der Waals surface area contributed by atoms with Crippen LogP contribution in [0.25, 0.3) is 10.3 Å². The highest BCUT2D eigenvalue weighted by molar-refractivity contribution is 7.16. The van der Waals surface area contributed by atoms with Crippen molar-refractivity contribution in [2.45, 2.75) is 42.6 Å². The van der Waals surface area contributed by atoms with E-state index in [0.29, 0.717) is 30.8 Å². The fourth-order valence-corrected chi connectivity index (χ4v) is 6.20. The second kappa shape index (κ2) is 6.47. The van der Waals surface area contributed by atoms with Gasteiger partial charge in [0.15, 0.2) is 0 Å². The maximum absolute atomic E-state index is 12.4. The Morgan fingerprint density at radius 1 is 1.37 bits per heavy atom. The Morgan fingerprint density at radius 2 is 2.30 bits per heavy atom. The average Bonchev–Trinajstić information content (AvgIpc) is 3.48. The Hall–Kier alpha value is -2.56. The number of ether oxygens (including phenoxy) is 1. The molecule has 6 rings (SSSR count). The van der Waals surface area contributed by atoms with Crippen molar-refractivity contribution in [3.63, 3.8) is 0 Å². The lowest BCUT2D eigenvalue weighted by molar-refractivity contribution is -0.115. The minimum Gasteiger partial charge on any atom is -0.465 e. The molecular formula is C20H22N6O3S. The molecule has 4 aliphatic rings. The fourth-order valence-electron chi connectivity index (χ4n) is 5.58. The van der Waals surface area contributed by atoms with Crippen LogP contribution >= 0.6 is 11.3 Å². The highest BCUT2D eigenvalue weighted by atomic mass is 32.1. The summed E-state index contributed by atoms with van der Waals surface area (Å²) in [6, 6.07) is -0.111. The summed E-state index contributed by atoms with van der Waals surface area (Å²) in [6.45, 7) is 1.91. The topological polar surface area (TPSA) is 104 Å². The molecule has 2 fully saturated rings. The van der Waals surface area contributed by atoms with Crippen LogP contribution in [0.1, 0.15) is 25.0 Å². The van der Waals surface area contributed by atoms with Crippen LogP contribution < -0.4 is 5.32 Å². The first-order valence-electron chi connectivity index (χ1n) is 10.2. The molecule has 0 saturated carbocycles. The van der Waals surface area contributed by atoms with Gasteiger partial charge >= 0.3 is 6.09 Å². The van der Waals surface area contributed by atoms with Crippen molar-refractivity contribution in [2.75, 3.05) is 19.7 Å². The molecule has 0 spiro atoms. The van der Waals surface area contributed by atoms with Crippen molar-refractivity contribution in [2.24, 2.45) is 0 Å². The smallest absolute Gasteiger partial charge is 0.408 e. The molecule has 4 aliphatic heterocycles. The molecule has 0 aliphatic carbocycles. The van der Waals surface area contributed by atoms with E-state index >= 15 is 0 Å². The van der Waals surface area contributed by atoms with Crippen molar-refractivity contribution in [1.29, 1.82) is 0 Å². The Balaban J connectivity index is 1.42. The van der Waals surface area contributed by atoms with Gasteiger partial charge in [0.05, 0.1) is 17.7 Å². The Bertz CT molecular complexity index is 1070. The molecule has 0 aromatic carbocycles. The van der Waals surface area contributed by atoms with Crippen LogP contribution in [0.4, 0.5) is 4.79 Å². The summed E-state index contributed by atoms with van der Waals surface area (Å²) < 4.78 is 6.53. The second-order valence-electron chi connectivity index (χ2n) is 8.34. The van der Waals surface area contributed by atoms with Gasteiger partial charge in [0.2, 0.25) is 0 Å². The number of amides is 1. The molecular weight excluding hydrogens is 404 g/mol. The lowest BCUT2D eigenvalue weighted by Crippen LogP contribution is -2.67. The van der Waals surface area contributed by atoms with Crippen LogP contribution in [0.3, 0.4) is 0 Å². The van der Waals surface area contributed by atoms with Gasteiger partial charge in [0.25, 0.3) is 0 Å². The monoisotopic (exact) mass is 426 g/mol. The predicted molar refractivity (Wildman–Crippen MR) is 110 cm³/mol. The Kier molecular flexibility index (Phi) is 3.93. The number of hydrogen-bond donors (Lipinski definition) is 2. The van der Waals surface area contributed by atoms with E-state index in [4.69, 9.17) is 4.74 Å². The predicted octanol–water partition coefficient (Wildman–Crippen LogP) is 1.90. The third-order valence-electron chi connectivity index (χ3n) is 6.94. The standard InChI is InChI=1S/C20H22N6O3S/c27-18(28)26-13-3-6-20(26,15-14-16(23-11-22-15)30-12-24-14)17(21-9-13)29-10-19-4-1-7-25(19)8-2-5-19/h1-2,4,8,11-13,17,21H,3,5-7,9-10H2,(H,27,28). The highest BCUT2D eigenvalue weighted by Gasteiger charge is 2.60. The van der Waals surface area contributed by atoms with Crippen LogP contribution in [0.15, 0.2) is 36.3 Å². The Morgan fingerprint density at radius 3 is 3.20 bits per heavy atom. The normalized spacial score (nSPS) is 34.3. The van der Waals surface area contributed by atoms with Gasteiger partial charge in [-0.05, 0) is 25.5 Å². The fraction of sp³-hybridized carbons (Fsp3) is 0.500. The van der Waals surface area contributed by atoms with Crippen LogP contribution in [0.5, 0.6) is 0 Å². The maximum atomic E-state index is 12.4. The summed E-state index contributed by atoms with van der Waals surface area (Å²) in [6.07, 6.45) is 11.0. The van der Waals surface area contributed by atoms with Gasteiger partial charge in [-0.3, -0.25) is 10.2 Å². The number of carboxylic acid groups (broad SMARTS) is 1. The molecule has 30 heavy (non-hydrogen) atoms. The van der Waals surface area contributed by atoms with E-state index in [1.54, 1.807) is 10.4 Å². The summed E-state index contributed by atoms with van der Waals surface area (Å²) in [5.41, 5.74) is 1.91. The molecule has 2 saturated heterocycles. The summed E-state index contributed by atoms with van der Waals surface area (Å²) in [5.74, 6) is 0. The summed E-state index contributed by atoms with van der Waals surface area (Å²) >= 11 is 1.43. The van der Waals surface area contributed by atoms with E-state index in [9.17, 15) is 9.90 Å². The molecule has 9 nitrogen and oxygen atoms in total. The van der Waals surface area contributed by atoms with Crippen LogP contribution in [-0.2, 0) is 10.3 Å². The number of aromatic nitrogens is 3. The molecule has 2 N–H and O–H groups in total. The zero-order valence-corrected chi connectivity index (χ0v) is 17.1. The average molecular weight is 427 g/mol. The highest BCUT2D eigenvalue weighted by Crippen LogP contribution is 2.49. The number of fused-ring (bicyclic) bond motifs is 4. The first-order valence-corrected chi connectivity index (χ1v) is 11.1. The molecule has 0 radical (unpaired) electrons. The van der Waals surface area contributed by atoms with Crippen molar-refractivity contribution in [3.05, 3.63) is 42.0 Å². The number of rotatable bonds is 4. The third kappa shape index (κ3) is 2.35. The van der Waals surface area contributed by atoms with E-state index in [-0.39, 0.29) is 11.6 Å². The van der Waals surface area contributed by atoms with Gasteiger partial charge in [-0.1, -0.05) is 18.2 Å². The number of thiazole rings is 1. The summed E-state index contributed by atoms with van der Waals surface area (Å²) in [5, 5.41) is 13.7. The molecule has 4 unspecified atom stereocenters. The number of hydrogen-bond acceptors (Lipinski definition) is 8. The van der Waals surface area contributed by atoms with E-state index in [2.05, 4.69) is 49.6 Å². The van der Waals surface area contributed by atoms with E-state index in [1.165, 1.54) is 17.7 Å². The second-order valence-corrected chi connectivity index (χ2v) is 9.18. The van der Waals surface area contributed by atoms with Gasteiger partial charge in [-0.15, -0.1) is 11.3 Å². The Labute approximate surface area is 177 Å². The zero-order chi connectivity index (χ0) is 20.3. The van der Waals surface area contributed by atoms with Crippen molar-refractivity contribution in [3.8, 4) is 0 Å². The van der Waals surface area contributed by atoms with Gasteiger partial charge in [-0.25, -0.2) is 19.7 Å². The molecule has 4 atom stereocenters. The molecule has 2 aromatic rings. The summed E-state index contributed by atoms with van der Waals surface area (Å²) in [7, 11) is 0. The van der Waals surface area contributed by atoms with Gasteiger partial charge < -0.3 is 14.7 Å². The van der Waals surface area contributed by atoms with Crippen molar-refractivity contribution >= 4 is 27.8 Å². The number of nitrogens with zero attached hydrogens (tertiary/aromatic N) is 5. The number of carbonyl (C=O) groups is 1. The largest absolute Gasteiger partial charge is 0.465 e. The molecule has 1 amide bonds. The third-order valence-corrected chi connectivity index (χ3v) is 7.67.